The van der Waals surface area contributed by atoms with E-state index >= 15 is 0 Å². The Morgan fingerprint density at radius 2 is 0.939 bits per heavy atom. The standard InChI is InChI=1S/C43H79NO5/c1-5-7-9-11-13-21-27-38-48-42(46)33-25-19-15-17-23-30-40(35-36-41(45)32-29-37-44(3)4)31-24-18-16-20-26-34-43(47)49-39-28-22-14-12-10-8-6-2/h21-22,27-28,40H,5-20,23-26,29-39H2,1-4H3/b27-21-,28-22-. The highest BCUT2D eigenvalue weighted by molar-refractivity contribution is 5.78. The first kappa shape index (κ1) is 47.0. The van der Waals surface area contributed by atoms with Crippen molar-refractivity contribution in [3.63, 3.8) is 0 Å². The maximum absolute atomic E-state index is 12.5. The van der Waals surface area contributed by atoms with Gasteiger partial charge in [0.25, 0.3) is 0 Å². The number of ketones is 1. The largest absolute Gasteiger partial charge is 0.461 e. The van der Waals surface area contributed by atoms with Crippen LogP contribution < -0.4 is 0 Å². The Balaban J connectivity index is 4.14. The number of esters is 2. The fourth-order valence-corrected chi connectivity index (χ4v) is 6.16. The van der Waals surface area contributed by atoms with Gasteiger partial charge in [0.2, 0.25) is 0 Å². The van der Waals surface area contributed by atoms with E-state index in [2.05, 4.69) is 45.0 Å². The Labute approximate surface area is 303 Å². The van der Waals surface area contributed by atoms with Gasteiger partial charge in [0.15, 0.2) is 0 Å². The second kappa shape index (κ2) is 37.3. The van der Waals surface area contributed by atoms with Gasteiger partial charge in [0.1, 0.15) is 19.0 Å². The molecule has 49 heavy (non-hydrogen) atoms. The average molecular weight is 690 g/mol. The van der Waals surface area contributed by atoms with Gasteiger partial charge < -0.3 is 14.4 Å². The molecule has 0 aliphatic carbocycles. The summed E-state index contributed by atoms with van der Waals surface area (Å²) in [7, 11) is 4.12. The van der Waals surface area contributed by atoms with Crippen LogP contribution in [0.1, 0.15) is 194 Å². The minimum absolute atomic E-state index is 0.0814. The molecule has 0 N–H and O–H groups in total. The fraction of sp³-hybridized carbons (Fsp3) is 0.837. The van der Waals surface area contributed by atoms with Crippen molar-refractivity contribution in [1.82, 2.24) is 4.90 Å². The van der Waals surface area contributed by atoms with E-state index in [0.717, 1.165) is 70.8 Å². The van der Waals surface area contributed by atoms with Crippen molar-refractivity contribution in [2.24, 2.45) is 5.92 Å². The molecule has 0 atom stereocenters. The summed E-state index contributed by atoms with van der Waals surface area (Å²) in [6, 6.07) is 0. The molecule has 0 bridgehead atoms. The van der Waals surface area contributed by atoms with Crippen LogP contribution in [0.5, 0.6) is 0 Å². The van der Waals surface area contributed by atoms with Gasteiger partial charge in [-0.2, -0.15) is 0 Å². The molecule has 0 radical (unpaired) electrons. The second-order valence-electron chi connectivity index (χ2n) is 14.5. The summed E-state index contributed by atoms with van der Waals surface area (Å²) in [4.78, 5) is 38.7. The molecule has 6 heteroatoms. The second-order valence-corrected chi connectivity index (χ2v) is 14.5. The number of hydrogen-bond donors (Lipinski definition) is 0. The zero-order valence-electron chi connectivity index (χ0n) is 32.8. The summed E-state index contributed by atoms with van der Waals surface area (Å²) >= 11 is 0. The van der Waals surface area contributed by atoms with Crippen molar-refractivity contribution in [3.8, 4) is 0 Å². The van der Waals surface area contributed by atoms with Crippen molar-refractivity contribution in [3.05, 3.63) is 24.3 Å². The van der Waals surface area contributed by atoms with Crippen molar-refractivity contribution < 1.29 is 23.9 Å². The lowest BCUT2D eigenvalue weighted by atomic mass is 9.89. The zero-order valence-corrected chi connectivity index (χ0v) is 32.8. The first-order chi connectivity index (χ1) is 23.9. The maximum Gasteiger partial charge on any atom is 0.306 e. The molecule has 0 saturated heterocycles. The molecule has 0 aromatic heterocycles. The lowest BCUT2D eigenvalue weighted by Crippen LogP contribution is -2.14. The molecule has 0 aliphatic heterocycles. The number of carbonyl (C=O) groups is 3. The Morgan fingerprint density at radius 1 is 0.490 bits per heavy atom. The summed E-state index contributed by atoms with van der Waals surface area (Å²) in [6.07, 6.45) is 38.2. The van der Waals surface area contributed by atoms with Crippen LogP contribution in [0.3, 0.4) is 0 Å². The van der Waals surface area contributed by atoms with Gasteiger partial charge in [-0.25, -0.2) is 0 Å². The Bertz CT molecular complexity index is 769. The molecular weight excluding hydrogens is 610 g/mol. The third-order valence-electron chi connectivity index (χ3n) is 9.34. The molecule has 0 rings (SSSR count). The zero-order chi connectivity index (χ0) is 36.0. The molecule has 0 fully saturated rings. The van der Waals surface area contributed by atoms with Gasteiger partial charge in [0, 0.05) is 25.7 Å². The number of Topliss-reactive ketones (excluding diaryl/α,β-unsaturated/α-hetero) is 1. The Kier molecular flexibility index (Phi) is 35.8. The van der Waals surface area contributed by atoms with E-state index in [1.807, 2.05) is 12.2 Å². The van der Waals surface area contributed by atoms with E-state index in [1.165, 1.54) is 89.9 Å². The van der Waals surface area contributed by atoms with Crippen LogP contribution >= 0.6 is 0 Å². The topological polar surface area (TPSA) is 72.9 Å². The highest BCUT2D eigenvalue weighted by atomic mass is 16.5. The smallest absolute Gasteiger partial charge is 0.306 e. The predicted octanol–water partition coefficient (Wildman–Crippen LogP) is 11.9. The lowest BCUT2D eigenvalue weighted by Gasteiger charge is -2.17. The minimum atomic E-state index is -0.0814. The van der Waals surface area contributed by atoms with Gasteiger partial charge in [-0.05, 0) is 77.9 Å². The maximum atomic E-state index is 12.5. The Morgan fingerprint density at radius 3 is 1.41 bits per heavy atom. The number of ether oxygens (including phenoxy) is 2. The van der Waals surface area contributed by atoms with Crippen LogP contribution in [-0.4, -0.2) is 56.5 Å². The molecule has 0 aromatic carbocycles. The molecule has 6 nitrogen and oxygen atoms in total. The SMILES string of the molecule is CCCCCC/C=C\COC(=O)CCCCCCCC(CCCCCCCC(=O)OC/C=C\CCCCCC)CCC(=O)CCCN(C)C. The van der Waals surface area contributed by atoms with E-state index in [-0.39, 0.29) is 11.9 Å². The normalized spacial score (nSPS) is 11.8. The Hall–Kier alpha value is -1.95. The summed E-state index contributed by atoms with van der Waals surface area (Å²) in [5.74, 6) is 0.863. The molecule has 0 saturated carbocycles. The lowest BCUT2D eigenvalue weighted by molar-refractivity contribution is -0.143. The van der Waals surface area contributed by atoms with Gasteiger partial charge in [-0.3, -0.25) is 14.4 Å². The van der Waals surface area contributed by atoms with Gasteiger partial charge in [-0.1, -0.05) is 141 Å². The third-order valence-corrected chi connectivity index (χ3v) is 9.34. The quantitative estimate of drug-likeness (QED) is 0.0367. The van der Waals surface area contributed by atoms with Gasteiger partial charge in [0.05, 0.1) is 0 Å². The van der Waals surface area contributed by atoms with Crippen LogP contribution in [0.2, 0.25) is 0 Å². The monoisotopic (exact) mass is 690 g/mol. The molecule has 0 amide bonds. The van der Waals surface area contributed by atoms with Crippen molar-refractivity contribution >= 4 is 17.7 Å². The number of hydrogen-bond acceptors (Lipinski definition) is 6. The number of allylic oxidation sites excluding steroid dienone is 2. The van der Waals surface area contributed by atoms with E-state index in [1.54, 1.807) is 0 Å². The van der Waals surface area contributed by atoms with Crippen molar-refractivity contribution in [1.29, 1.82) is 0 Å². The minimum Gasteiger partial charge on any atom is -0.461 e. The van der Waals surface area contributed by atoms with Crippen molar-refractivity contribution in [2.45, 2.75) is 194 Å². The van der Waals surface area contributed by atoms with E-state index in [4.69, 9.17) is 9.47 Å². The van der Waals surface area contributed by atoms with Crippen LogP contribution in [-0.2, 0) is 23.9 Å². The summed E-state index contributed by atoms with van der Waals surface area (Å²) in [5.41, 5.74) is 0. The molecule has 0 spiro atoms. The summed E-state index contributed by atoms with van der Waals surface area (Å²) < 4.78 is 10.7. The van der Waals surface area contributed by atoms with Crippen molar-refractivity contribution in [2.75, 3.05) is 33.9 Å². The van der Waals surface area contributed by atoms with Crippen LogP contribution in [0.4, 0.5) is 0 Å². The number of carbonyl (C=O) groups excluding carboxylic acids is 3. The molecular formula is C43H79NO5. The highest BCUT2D eigenvalue weighted by Gasteiger charge is 2.12. The van der Waals surface area contributed by atoms with Crippen LogP contribution in [0.25, 0.3) is 0 Å². The summed E-state index contributed by atoms with van der Waals surface area (Å²) in [5, 5.41) is 0. The van der Waals surface area contributed by atoms with E-state index in [0.29, 0.717) is 50.6 Å². The average Bonchev–Trinajstić information content (AvgIpc) is 3.08. The number of rotatable bonds is 37. The molecule has 0 heterocycles. The summed E-state index contributed by atoms with van der Waals surface area (Å²) in [6.45, 7) is 6.21. The predicted molar refractivity (Wildman–Crippen MR) is 208 cm³/mol. The third kappa shape index (κ3) is 37.1. The van der Waals surface area contributed by atoms with E-state index < -0.39 is 0 Å². The number of nitrogens with zero attached hydrogens (tertiary/aromatic N) is 1. The first-order valence-corrected chi connectivity index (χ1v) is 20.7. The number of unbranched alkanes of at least 4 members (excludes halogenated alkanes) is 16. The first-order valence-electron chi connectivity index (χ1n) is 20.7. The van der Waals surface area contributed by atoms with Gasteiger partial charge in [-0.15, -0.1) is 0 Å². The fourth-order valence-electron chi connectivity index (χ4n) is 6.16. The molecule has 286 valence electrons. The van der Waals surface area contributed by atoms with E-state index in [9.17, 15) is 14.4 Å². The van der Waals surface area contributed by atoms with Crippen LogP contribution in [0, 0.1) is 5.92 Å². The molecule has 0 aromatic rings. The molecule has 0 aliphatic rings. The van der Waals surface area contributed by atoms with Crippen LogP contribution in [0.15, 0.2) is 24.3 Å². The highest BCUT2D eigenvalue weighted by Crippen LogP contribution is 2.24. The van der Waals surface area contributed by atoms with Gasteiger partial charge >= 0.3 is 11.9 Å². The molecule has 0 unspecified atom stereocenters.